The van der Waals surface area contributed by atoms with Gasteiger partial charge in [-0.25, -0.2) is 13.1 Å². The number of hydrogen-bond acceptors (Lipinski definition) is 6. The molecule has 7 nitrogen and oxygen atoms in total. The van der Waals surface area contributed by atoms with Gasteiger partial charge in [-0.15, -0.1) is 0 Å². The van der Waals surface area contributed by atoms with Crippen LogP contribution in [0.3, 0.4) is 0 Å². The summed E-state index contributed by atoms with van der Waals surface area (Å²) in [7, 11) is -3.80. The molecule has 1 aromatic rings. The van der Waals surface area contributed by atoms with Crippen molar-refractivity contribution in [2.24, 2.45) is 0 Å². The average Bonchev–Trinajstić information content (AvgIpc) is 2.37. The number of nitrogens with one attached hydrogen (secondary N) is 1. The molecule has 1 aliphatic rings. The maximum atomic E-state index is 11.3. The van der Waals surface area contributed by atoms with Crippen molar-refractivity contribution in [2.45, 2.75) is 4.90 Å². The van der Waals surface area contributed by atoms with Crippen LogP contribution in [0.1, 0.15) is 10.4 Å². The van der Waals surface area contributed by atoms with Crippen LogP contribution in [-0.4, -0.2) is 19.5 Å². The van der Waals surface area contributed by atoms with E-state index in [9.17, 15) is 18.4 Å². The van der Waals surface area contributed by atoms with Gasteiger partial charge in [0.2, 0.25) is 0 Å². The Labute approximate surface area is 84.5 Å². The summed E-state index contributed by atoms with van der Waals surface area (Å²) in [5, 5.41) is 18.6. The van der Waals surface area contributed by atoms with Crippen LogP contribution in [0.25, 0.3) is 0 Å². The van der Waals surface area contributed by atoms with E-state index in [-0.39, 0.29) is 16.1 Å². The van der Waals surface area contributed by atoms with Crippen molar-refractivity contribution >= 4 is 21.6 Å². The first-order valence-corrected chi connectivity index (χ1v) is 5.27. The van der Waals surface area contributed by atoms with Crippen LogP contribution < -0.4 is 9.95 Å². The molecule has 80 valence electrons. The number of amides is 1. The zero-order valence-corrected chi connectivity index (χ0v) is 7.98. The summed E-state index contributed by atoms with van der Waals surface area (Å²) < 4.78 is 24.3. The Balaban J connectivity index is 2.66. The van der Waals surface area contributed by atoms with Gasteiger partial charge < -0.3 is 10.4 Å². The van der Waals surface area contributed by atoms with Gasteiger partial charge in [0, 0.05) is 0 Å². The summed E-state index contributed by atoms with van der Waals surface area (Å²) in [6, 6.07) is 3.19. The Morgan fingerprint density at radius 1 is 1.40 bits per heavy atom. The molecule has 0 saturated carbocycles. The average molecular weight is 229 g/mol. The predicted molar refractivity (Wildman–Crippen MR) is 48.7 cm³/mol. The van der Waals surface area contributed by atoms with Crippen LogP contribution in [0.2, 0.25) is 0 Å². The summed E-state index contributed by atoms with van der Waals surface area (Å²) in [6.45, 7) is 0. The molecule has 0 aromatic heterocycles. The van der Waals surface area contributed by atoms with Crippen molar-refractivity contribution in [1.82, 2.24) is 4.72 Å². The Kier molecular flexibility index (Phi) is 1.93. The lowest BCUT2D eigenvalue weighted by atomic mass is 10.2. The van der Waals surface area contributed by atoms with Crippen LogP contribution >= 0.6 is 0 Å². The minimum atomic E-state index is -3.80. The number of hydrogen-bond donors (Lipinski definition) is 2. The highest BCUT2D eigenvalue weighted by Gasteiger charge is 2.32. The molecule has 1 aliphatic heterocycles. The molecule has 1 amide bonds. The minimum absolute atomic E-state index is 0.151. The molecule has 0 saturated heterocycles. The summed E-state index contributed by atoms with van der Waals surface area (Å²) in [5.41, 5.74) is -0.358. The largest absolute Gasteiger partial charge is 0.733 e. The summed E-state index contributed by atoms with van der Waals surface area (Å²) in [6.07, 6.45) is 0. The molecule has 8 heteroatoms. The second-order valence-corrected chi connectivity index (χ2v) is 4.54. The molecule has 15 heavy (non-hydrogen) atoms. The topological polar surface area (TPSA) is 110 Å². The quantitative estimate of drug-likeness (QED) is 0.646. The molecule has 0 unspecified atom stereocenters. The smallest absolute Gasteiger partial charge is 0.266 e. The van der Waals surface area contributed by atoms with Crippen molar-refractivity contribution in [3.05, 3.63) is 29.0 Å². The van der Waals surface area contributed by atoms with E-state index in [1.54, 1.807) is 4.72 Å². The molecule has 1 aromatic carbocycles. The highest BCUT2D eigenvalue weighted by atomic mass is 32.2. The molecular weight excluding hydrogens is 224 g/mol. The van der Waals surface area contributed by atoms with Gasteiger partial charge in [0.1, 0.15) is 4.90 Å². The third-order valence-electron chi connectivity index (χ3n) is 1.95. The normalized spacial score (nSPS) is 17.1. The van der Waals surface area contributed by atoms with E-state index in [0.29, 0.717) is 0 Å². The first kappa shape index (κ1) is 9.90. The van der Waals surface area contributed by atoms with Crippen molar-refractivity contribution < 1.29 is 18.4 Å². The highest BCUT2D eigenvalue weighted by Crippen LogP contribution is 2.26. The van der Waals surface area contributed by atoms with Crippen molar-refractivity contribution in [3.63, 3.8) is 0 Å². The number of carbonyl (C=O) groups is 1. The number of sulfonamides is 1. The summed E-state index contributed by atoms with van der Waals surface area (Å²) in [5.74, 6) is -0.811. The summed E-state index contributed by atoms with van der Waals surface area (Å²) in [4.78, 5) is 11.0. The molecule has 0 atom stereocenters. The second-order valence-electron chi connectivity index (χ2n) is 2.89. The van der Waals surface area contributed by atoms with Crippen LogP contribution in [0.15, 0.2) is 23.1 Å². The van der Waals surface area contributed by atoms with E-state index in [4.69, 9.17) is 5.21 Å². The molecule has 0 aliphatic carbocycles. The number of anilines is 1. The fourth-order valence-corrected chi connectivity index (χ4v) is 2.43. The molecule has 0 radical (unpaired) electrons. The van der Waals surface area contributed by atoms with Crippen LogP contribution in [0, 0.1) is 5.21 Å². The predicted octanol–water partition coefficient (Wildman–Crippen LogP) is -0.188. The van der Waals surface area contributed by atoms with Gasteiger partial charge in [-0.3, -0.25) is 10.0 Å². The fraction of sp³-hybridized carbons (Fsp3) is 0. The molecule has 1 heterocycles. The fourth-order valence-electron chi connectivity index (χ4n) is 1.28. The van der Waals surface area contributed by atoms with E-state index in [1.807, 2.05) is 0 Å². The van der Waals surface area contributed by atoms with Crippen molar-refractivity contribution in [2.75, 3.05) is 5.23 Å². The Morgan fingerprint density at radius 3 is 2.67 bits per heavy atom. The van der Waals surface area contributed by atoms with Gasteiger partial charge in [-0.05, 0) is 18.2 Å². The number of benzene rings is 1. The second kappa shape index (κ2) is 2.92. The van der Waals surface area contributed by atoms with Crippen molar-refractivity contribution in [3.8, 4) is 0 Å². The van der Waals surface area contributed by atoms with E-state index < -0.39 is 21.2 Å². The molecule has 0 spiro atoms. The number of fused-ring (bicyclic) bond motifs is 1. The lowest BCUT2D eigenvalue weighted by Gasteiger charge is -2.21. The lowest BCUT2D eigenvalue weighted by Crippen LogP contribution is -2.20. The first-order chi connectivity index (χ1) is 6.92. The number of rotatable bonds is 1. The first-order valence-electron chi connectivity index (χ1n) is 3.79. The van der Waals surface area contributed by atoms with E-state index in [0.717, 1.165) is 18.2 Å². The van der Waals surface area contributed by atoms with Crippen LogP contribution in [-0.2, 0) is 10.0 Å². The third-order valence-corrected chi connectivity index (χ3v) is 3.33. The van der Waals surface area contributed by atoms with E-state index in [1.165, 1.54) is 0 Å². The Hall–Kier alpha value is -1.64. The zero-order chi connectivity index (χ0) is 11.2. The van der Waals surface area contributed by atoms with Gasteiger partial charge in [0.05, 0.1) is 11.3 Å². The summed E-state index contributed by atoms with van der Waals surface area (Å²) >= 11 is 0. The van der Waals surface area contributed by atoms with Gasteiger partial charge in [-0.2, -0.15) is 0 Å². The molecule has 0 fully saturated rings. The maximum Gasteiger partial charge on any atom is 0.266 e. The molecule has 2 N–H and O–H groups in total. The molecular formula is C7H5N2O5S-. The van der Waals surface area contributed by atoms with Crippen molar-refractivity contribution in [1.29, 1.82) is 0 Å². The minimum Gasteiger partial charge on any atom is -0.733 e. The molecule has 0 bridgehead atoms. The third kappa shape index (κ3) is 1.44. The zero-order valence-electron chi connectivity index (χ0n) is 7.17. The van der Waals surface area contributed by atoms with Gasteiger partial charge in [0.25, 0.3) is 15.9 Å². The van der Waals surface area contributed by atoms with Crippen LogP contribution in [0.4, 0.5) is 5.69 Å². The maximum absolute atomic E-state index is 11.3. The van der Waals surface area contributed by atoms with Crippen LogP contribution in [0.5, 0.6) is 0 Å². The SMILES string of the molecule is O=C1NS(=O)(=O)c2ccc(N([O-])O)cc21. The van der Waals surface area contributed by atoms with Gasteiger partial charge >= 0.3 is 0 Å². The Bertz CT molecular complexity index is 536. The number of carbonyl (C=O) groups excluding carboxylic acids is 1. The van der Waals surface area contributed by atoms with E-state index >= 15 is 0 Å². The standard InChI is InChI=1S/C7H5N2O5S/c10-7-5-3-4(9(11)12)1-2-6(5)15(13,14)8-7/h1-3,11H,(H,8,10)/q-1. The van der Waals surface area contributed by atoms with E-state index in [2.05, 4.69) is 0 Å². The lowest BCUT2D eigenvalue weighted by molar-refractivity contribution is 0.0985. The van der Waals surface area contributed by atoms with Gasteiger partial charge in [0.15, 0.2) is 0 Å². The van der Waals surface area contributed by atoms with Gasteiger partial charge in [-0.1, -0.05) is 0 Å². The molecule has 2 rings (SSSR count). The number of nitrogens with zero attached hydrogens (tertiary/aromatic N) is 1. The monoisotopic (exact) mass is 229 g/mol. The highest BCUT2D eigenvalue weighted by molar-refractivity contribution is 7.90. The Morgan fingerprint density at radius 2 is 2.07 bits per heavy atom.